The molecule has 3 heterocycles. The van der Waals surface area contributed by atoms with Crippen LogP contribution in [-0.2, 0) is 13.0 Å². The van der Waals surface area contributed by atoms with Gasteiger partial charge in [-0.3, -0.25) is 9.48 Å². The van der Waals surface area contributed by atoms with Crippen molar-refractivity contribution < 1.29 is 9.32 Å². The Morgan fingerprint density at radius 3 is 3.05 bits per heavy atom. The van der Waals surface area contributed by atoms with E-state index in [-0.39, 0.29) is 11.9 Å². The van der Waals surface area contributed by atoms with Gasteiger partial charge in [-0.05, 0) is 32.3 Å². The maximum Gasteiger partial charge on any atom is 0.274 e. The third-order valence-corrected chi connectivity index (χ3v) is 4.11. The second kappa shape index (κ2) is 6.34. The van der Waals surface area contributed by atoms with Crippen molar-refractivity contribution in [3.63, 3.8) is 0 Å². The first kappa shape index (κ1) is 14.8. The first-order valence-electron chi connectivity index (χ1n) is 8.02. The molecule has 1 amide bonds. The number of hydrogen-bond acceptors (Lipinski definition) is 4. The van der Waals surface area contributed by atoms with Crippen molar-refractivity contribution in [1.29, 1.82) is 0 Å². The van der Waals surface area contributed by atoms with E-state index in [1.807, 2.05) is 24.1 Å². The van der Waals surface area contributed by atoms with E-state index in [4.69, 9.17) is 4.52 Å². The van der Waals surface area contributed by atoms with Crippen LogP contribution in [0.2, 0.25) is 0 Å². The van der Waals surface area contributed by atoms with Crippen molar-refractivity contribution >= 4 is 5.91 Å². The molecule has 1 unspecified atom stereocenters. The molecule has 1 saturated heterocycles. The van der Waals surface area contributed by atoms with Crippen molar-refractivity contribution in [3.05, 3.63) is 35.5 Å². The highest BCUT2D eigenvalue weighted by molar-refractivity contribution is 5.92. The molecular formula is C16H22N4O2. The van der Waals surface area contributed by atoms with E-state index >= 15 is 0 Å². The molecule has 3 rings (SSSR count). The topological polar surface area (TPSA) is 64.2 Å². The number of aromatic nitrogens is 3. The molecule has 22 heavy (non-hydrogen) atoms. The zero-order valence-corrected chi connectivity index (χ0v) is 13.2. The van der Waals surface area contributed by atoms with Gasteiger partial charge in [-0.2, -0.15) is 5.10 Å². The maximum atomic E-state index is 12.7. The quantitative estimate of drug-likeness (QED) is 0.852. The molecule has 0 bridgehead atoms. The third kappa shape index (κ3) is 2.77. The molecule has 0 aliphatic carbocycles. The molecule has 1 atom stereocenters. The van der Waals surface area contributed by atoms with Gasteiger partial charge < -0.3 is 9.42 Å². The van der Waals surface area contributed by atoms with Crippen molar-refractivity contribution in [2.75, 3.05) is 6.54 Å². The van der Waals surface area contributed by atoms with Gasteiger partial charge in [0.1, 0.15) is 17.1 Å². The predicted molar refractivity (Wildman–Crippen MR) is 81.4 cm³/mol. The van der Waals surface area contributed by atoms with Gasteiger partial charge in [0.25, 0.3) is 5.91 Å². The van der Waals surface area contributed by atoms with Crippen LogP contribution in [0, 0.1) is 0 Å². The van der Waals surface area contributed by atoms with Gasteiger partial charge in [-0.25, -0.2) is 0 Å². The van der Waals surface area contributed by atoms with Crippen LogP contribution in [0.3, 0.4) is 0 Å². The Kier molecular flexibility index (Phi) is 4.27. The van der Waals surface area contributed by atoms with Crippen LogP contribution in [-0.4, -0.2) is 32.3 Å². The van der Waals surface area contributed by atoms with E-state index in [1.54, 1.807) is 10.7 Å². The van der Waals surface area contributed by atoms with Crippen LogP contribution >= 0.6 is 0 Å². The summed E-state index contributed by atoms with van der Waals surface area (Å²) in [5.74, 6) is 0.877. The SMILES string of the molecule is CCCc1cc(C2CCCN2C(=O)c2ccn(CC)n2)no1. The lowest BCUT2D eigenvalue weighted by Gasteiger charge is -2.21. The van der Waals surface area contributed by atoms with Gasteiger partial charge in [-0.15, -0.1) is 0 Å². The first-order valence-corrected chi connectivity index (χ1v) is 8.02. The summed E-state index contributed by atoms with van der Waals surface area (Å²) in [7, 11) is 0. The summed E-state index contributed by atoms with van der Waals surface area (Å²) in [6.07, 6.45) is 5.66. The average molecular weight is 302 g/mol. The molecule has 118 valence electrons. The minimum Gasteiger partial charge on any atom is -0.361 e. The second-order valence-electron chi connectivity index (χ2n) is 5.68. The van der Waals surface area contributed by atoms with Gasteiger partial charge in [0.2, 0.25) is 0 Å². The van der Waals surface area contributed by atoms with Crippen LogP contribution in [0.15, 0.2) is 22.9 Å². The Balaban J connectivity index is 1.78. The highest BCUT2D eigenvalue weighted by Gasteiger charge is 2.33. The molecule has 0 spiro atoms. The molecule has 2 aromatic heterocycles. The van der Waals surface area contributed by atoms with Crippen molar-refractivity contribution in [2.45, 2.75) is 52.1 Å². The molecule has 0 N–H and O–H groups in total. The van der Waals surface area contributed by atoms with Crippen LogP contribution in [0.25, 0.3) is 0 Å². The number of amides is 1. The Hall–Kier alpha value is -2.11. The highest BCUT2D eigenvalue weighted by atomic mass is 16.5. The number of carbonyl (C=O) groups is 1. The lowest BCUT2D eigenvalue weighted by Crippen LogP contribution is -2.31. The van der Waals surface area contributed by atoms with Gasteiger partial charge in [0.05, 0.1) is 6.04 Å². The number of aryl methyl sites for hydroxylation is 2. The zero-order valence-electron chi connectivity index (χ0n) is 13.2. The molecule has 1 aliphatic rings. The second-order valence-corrected chi connectivity index (χ2v) is 5.68. The Bertz CT molecular complexity index is 646. The summed E-state index contributed by atoms with van der Waals surface area (Å²) in [6, 6.07) is 3.78. The lowest BCUT2D eigenvalue weighted by molar-refractivity contribution is 0.0724. The smallest absolute Gasteiger partial charge is 0.274 e. The Morgan fingerprint density at radius 1 is 1.45 bits per heavy atom. The van der Waals surface area contributed by atoms with E-state index in [2.05, 4.69) is 17.2 Å². The fraction of sp³-hybridized carbons (Fsp3) is 0.562. The molecule has 0 saturated carbocycles. The molecule has 2 aromatic rings. The van der Waals surface area contributed by atoms with E-state index in [0.717, 1.165) is 50.2 Å². The Morgan fingerprint density at radius 2 is 2.32 bits per heavy atom. The molecule has 0 radical (unpaired) electrons. The lowest BCUT2D eigenvalue weighted by atomic mass is 10.1. The van der Waals surface area contributed by atoms with Crippen LogP contribution in [0.5, 0.6) is 0 Å². The zero-order chi connectivity index (χ0) is 15.5. The largest absolute Gasteiger partial charge is 0.361 e. The highest BCUT2D eigenvalue weighted by Crippen LogP contribution is 2.32. The number of nitrogens with zero attached hydrogens (tertiary/aromatic N) is 4. The summed E-state index contributed by atoms with van der Waals surface area (Å²) in [5.41, 5.74) is 1.37. The fourth-order valence-corrected chi connectivity index (χ4v) is 2.97. The standard InChI is InChI=1S/C16H22N4O2/c1-3-6-12-11-14(18-22-12)15-7-5-9-20(15)16(21)13-8-10-19(4-2)17-13/h8,10-11,15H,3-7,9H2,1-2H3. The van der Waals surface area contributed by atoms with Crippen molar-refractivity contribution in [2.24, 2.45) is 0 Å². The van der Waals surface area contributed by atoms with Gasteiger partial charge in [0.15, 0.2) is 0 Å². The monoisotopic (exact) mass is 302 g/mol. The van der Waals surface area contributed by atoms with Gasteiger partial charge >= 0.3 is 0 Å². The van der Waals surface area contributed by atoms with Gasteiger partial charge in [-0.1, -0.05) is 12.1 Å². The molecule has 1 aliphatic heterocycles. The molecule has 1 fully saturated rings. The number of likely N-dealkylation sites (tertiary alicyclic amines) is 1. The molecule has 0 aromatic carbocycles. The third-order valence-electron chi connectivity index (χ3n) is 4.11. The van der Waals surface area contributed by atoms with Crippen LogP contribution in [0.1, 0.15) is 61.1 Å². The minimum atomic E-state index is -0.0188. The summed E-state index contributed by atoms with van der Waals surface area (Å²) in [5, 5.41) is 8.49. The normalized spacial score (nSPS) is 18.1. The number of rotatable bonds is 5. The van der Waals surface area contributed by atoms with Crippen molar-refractivity contribution in [1.82, 2.24) is 19.8 Å². The summed E-state index contributed by atoms with van der Waals surface area (Å²) in [6.45, 7) is 5.63. The minimum absolute atomic E-state index is 0.00799. The van der Waals surface area contributed by atoms with Crippen LogP contribution in [0.4, 0.5) is 0 Å². The van der Waals surface area contributed by atoms with E-state index < -0.39 is 0 Å². The summed E-state index contributed by atoms with van der Waals surface area (Å²) >= 11 is 0. The summed E-state index contributed by atoms with van der Waals surface area (Å²) in [4.78, 5) is 14.6. The fourth-order valence-electron chi connectivity index (χ4n) is 2.97. The van der Waals surface area contributed by atoms with Crippen LogP contribution < -0.4 is 0 Å². The number of hydrogen-bond donors (Lipinski definition) is 0. The number of carbonyl (C=O) groups excluding carboxylic acids is 1. The van der Waals surface area contributed by atoms with E-state index in [1.165, 1.54) is 0 Å². The van der Waals surface area contributed by atoms with Gasteiger partial charge in [0, 0.05) is 31.8 Å². The maximum absolute atomic E-state index is 12.7. The summed E-state index contributed by atoms with van der Waals surface area (Å²) < 4.78 is 7.14. The Labute approximate surface area is 130 Å². The first-order chi connectivity index (χ1) is 10.7. The van der Waals surface area contributed by atoms with E-state index in [0.29, 0.717) is 5.69 Å². The average Bonchev–Trinajstić information content (AvgIpc) is 3.26. The predicted octanol–water partition coefficient (Wildman–Crippen LogP) is 2.82. The van der Waals surface area contributed by atoms with E-state index in [9.17, 15) is 4.79 Å². The molecule has 6 nitrogen and oxygen atoms in total. The van der Waals surface area contributed by atoms with Crippen molar-refractivity contribution in [3.8, 4) is 0 Å². The molecular weight excluding hydrogens is 280 g/mol. The molecule has 6 heteroatoms.